The molecule has 0 bridgehead atoms. The Morgan fingerprint density at radius 1 is 1.06 bits per heavy atom. The van der Waals surface area contributed by atoms with E-state index in [4.69, 9.17) is 16.3 Å². The van der Waals surface area contributed by atoms with Gasteiger partial charge >= 0.3 is 0 Å². The molecule has 0 spiro atoms. The van der Waals surface area contributed by atoms with E-state index in [2.05, 4.69) is 4.99 Å². The van der Waals surface area contributed by atoms with Gasteiger partial charge in [-0.2, -0.15) is 0 Å². The smallest absolute Gasteiger partial charge is 0.266 e. The normalized spacial score (nSPS) is 16.2. The number of halogens is 2. The molecule has 0 aromatic heterocycles. The van der Waals surface area contributed by atoms with Crippen molar-refractivity contribution in [3.8, 4) is 5.75 Å². The molecule has 0 unspecified atom stereocenters. The zero-order valence-corrected chi connectivity index (χ0v) is 18.9. The number of likely N-dealkylation sites (N-methyl/N-ethyl adjacent to an activating group) is 1. The molecule has 1 aliphatic heterocycles. The van der Waals surface area contributed by atoms with Crippen molar-refractivity contribution < 1.29 is 13.9 Å². The summed E-state index contributed by atoms with van der Waals surface area (Å²) >= 11 is 7.24. The van der Waals surface area contributed by atoms with Crippen molar-refractivity contribution in [2.45, 2.75) is 13.5 Å². The minimum absolute atomic E-state index is 0.120. The van der Waals surface area contributed by atoms with E-state index in [1.54, 1.807) is 17.0 Å². The Morgan fingerprint density at radius 2 is 1.78 bits per heavy atom. The minimum atomic E-state index is -0.327. The standard InChI is InChI=1S/C25H20ClFN2O2S/c1-2-29-24(30)23(32-25(29)28-21-13-11-20(27)12-14-21)15-18-5-3-4-6-22(18)31-16-17-7-9-19(26)10-8-17/h3-15H,2,16H2,1H3/b23-15+,28-25?. The molecule has 0 saturated carbocycles. The van der Waals surface area contributed by atoms with E-state index >= 15 is 0 Å². The molecule has 1 fully saturated rings. The number of para-hydroxylation sites is 1. The second kappa shape index (κ2) is 10.0. The summed E-state index contributed by atoms with van der Waals surface area (Å²) < 4.78 is 19.2. The second-order valence-corrected chi connectivity index (χ2v) is 8.43. The third kappa shape index (κ3) is 5.21. The Labute approximate surface area is 195 Å². The average Bonchev–Trinajstić information content (AvgIpc) is 3.09. The number of ether oxygens (including phenoxy) is 1. The van der Waals surface area contributed by atoms with Crippen LogP contribution in [0.4, 0.5) is 10.1 Å². The average molecular weight is 467 g/mol. The SMILES string of the molecule is CCN1C(=O)/C(=C\c2ccccc2OCc2ccc(Cl)cc2)SC1=Nc1ccc(F)cc1. The molecule has 1 saturated heterocycles. The van der Waals surface area contributed by atoms with Gasteiger partial charge in [-0.3, -0.25) is 9.69 Å². The number of amides is 1. The fourth-order valence-electron chi connectivity index (χ4n) is 3.11. The quantitative estimate of drug-likeness (QED) is 0.380. The first-order valence-electron chi connectivity index (χ1n) is 10.1. The lowest BCUT2D eigenvalue weighted by atomic mass is 10.1. The number of hydrogen-bond donors (Lipinski definition) is 0. The summed E-state index contributed by atoms with van der Waals surface area (Å²) in [5.41, 5.74) is 2.39. The van der Waals surface area contributed by atoms with Gasteiger partial charge in [0.1, 0.15) is 18.2 Å². The fraction of sp³-hybridized carbons (Fsp3) is 0.120. The van der Waals surface area contributed by atoms with Crippen LogP contribution in [0.15, 0.2) is 82.7 Å². The first kappa shape index (κ1) is 22.1. The van der Waals surface area contributed by atoms with Gasteiger partial charge in [0.2, 0.25) is 0 Å². The molecule has 0 aliphatic carbocycles. The Morgan fingerprint density at radius 3 is 2.50 bits per heavy atom. The Hall–Kier alpha value is -3.09. The number of thioether (sulfide) groups is 1. The van der Waals surface area contributed by atoms with E-state index in [1.165, 1.54) is 23.9 Å². The van der Waals surface area contributed by atoms with E-state index < -0.39 is 0 Å². The Bertz CT molecular complexity index is 1180. The lowest BCUT2D eigenvalue weighted by Crippen LogP contribution is -2.28. The summed E-state index contributed by atoms with van der Waals surface area (Å²) in [5.74, 6) is 0.230. The summed E-state index contributed by atoms with van der Waals surface area (Å²) in [5, 5.41) is 1.24. The topological polar surface area (TPSA) is 41.9 Å². The number of rotatable bonds is 6. The van der Waals surface area contributed by atoms with Gasteiger partial charge in [-0.15, -0.1) is 0 Å². The maximum atomic E-state index is 13.2. The largest absolute Gasteiger partial charge is 0.488 e. The minimum Gasteiger partial charge on any atom is -0.488 e. The van der Waals surface area contributed by atoms with Gasteiger partial charge in [-0.1, -0.05) is 41.9 Å². The van der Waals surface area contributed by atoms with Crippen molar-refractivity contribution in [2.75, 3.05) is 6.54 Å². The van der Waals surface area contributed by atoms with Crippen LogP contribution in [0.25, 0.3) is 6.08 Å². The van der Waals surface area contributed by atoms with E-state index in [-0.39, 0.29) is 11.7 Å². The van der Waals surface area contributed by atoms with Gasteiger partial charge < -0.3 is 4.74 Å². The highest BCUT2D eigenvalue weighted by molar-refractivity contribution is 8.18. The van der Waals surface area contributed by atoms with Crippen LogP contribution in [-0.4, -0.2) is 22.5 Å². The van der Waals surface area contributed by atoms with Gasteiger partial charge in [0.05, 0.1) is 10.6 Å². The number of carbonyl (C=O) groups is 1. The molecular formula is C25H20ClFN2O2S. The number of amidine groups is 1. The van der Waals surface area contributed by atoms with E-state index in [9.17, 15) is 9.18 Å². The third-order valence-electron chi connectivity index (χ3n) is 4.77. The summed E-state index contributed by atoms with van der Waals surface area (Å²) in [6.45, 7) is 2.76. The Balaban J connectivity index is 1.57. The molecular weight excluding hydrogens is 447 g/mol. The van der Waals surface area contributed by atoms with Crippen LogP contribution in [0.1, 0.15) is 18.1 Å². The molecule has 4 nitrogen and oxygen atoms in total. The van der Waals surface area contributed by atoms with Crippen LogP contribution < -0.4 is 4.74 Å². The third-order valence-corrected chi connectivity index (χ3v) is 6.03. The predicted molar refractivity (Wildman–Crippen MR) is 129 cm³/mol. The van der Waals surface area contributed by atoms with Gasteiger partial charge in [0, 0.05) is 17.1 Å². The molecule has 0 N–H and O–H groups in total. The van der Waals surface area contributed by atoms with Crippen LogP contribution in [0.3, 0.4) is 0 Å². The first-order chi connectivity index (χ1) is 15.5. The lowest BCUT2D eigenvalue weighted by molar-refractivity contribution is -0.122. The van der Waals surface area contributed by atoms with Gasteiger partial charge in [0.15, 0.2) is 5.17 Å². The van der Waals surface area contributed by atoms with Crippen LogP contribution >= 0.6 is 23.4 Å². The molecule has 3 aromatic carbocycles. The second-order valence-electron chi connectivity index (χ2n) is 6.98. The predicted octanol–water partition coefficient (Wildman–Crippen LogP) is 6.68. The van der Waals surface area contributed by atoms with Gasteiger partial charge in [-0.25, -0.2) is 9.38 Å². The maximum absolute atomic E-state index is 13.2. The van der Waals surface area contributed by atoms with Crippen molar-refractivity contribution >= 4 is 46.2 Å². The van der Waals surface area contributed by atoms with E-state index in [1.807, 2.05) is 61.5 Å². The van der Waals surface area contributed by atoms with Crippen molar-refractivity contribution in [1.82, 2.24) is 4.90 Å². The lowest BCUT2D eigenvalue weighted by Gasteiger charge is -2.12. The van der Waals surface area contributed by atoms with Crippen LogP contribution in [0.2, 0.25) is 5.02 Å². The Kier molecular flexibility index (Phi) is 6.93. The van der Waals surface area contributed by atoms with Crippen molar-refractivity contribution in [2.24, 2.45) is 4.99 Å². The summed E-state index contributed by atoms with van der Waals surface area (Å²) in [4.78, 5) is 19.7. The molecule has 0 atom stereocenters. The molecule has 32 heavy (non-hydrogen) atoms. The molecule has 1 heterocycles. The highest BCUT2D eigenvalue weighted by Crippen LogP contribution is 2.35. The zero-order valence-electron chi connectivity index (χ0n) is 17.3. The van der Waals surface area contributed by atoms with Gasteiger partial charge in [0.25, 0.3) is 5.91 Å². The molecule has 3 aromatic rings. The first-order valence-corrected chi connectivity index (χ1v) is 11.2. The number of benzene rings is 3. The molecule has 0 radical (unpaired) electrons. The van der Waals surface area contributed by atoms with Gasteiger partial charge in [-0.05, 0) is 72.8 Å². The highest BCUT2D eigenvalue weighted by Gasteiger charge is 2.32. The fourth-order valence-corrected chi connectivity index (χ4v) is 4.29. The van der Waals surface area contributed by atoms with Crippen LogP contribution in [0.5, 0.6) is 5.75 Å². The van der Waals surface area contributed by atoms with Crippen molar-refractivity contribution in [3.63, 3.8) is 0 Å². The van der Waals surface area contributed by atoms with E-state index in [0.29, 0.717) is 39.7 Å². The molecule has 1 amide bonds. The summed E-state index contributed by atoms with van der Waals surface area (Å²) in [6.07, 6.45) is 1.82. The molecule has 4 rings (SSSR count). The van der Waals surface area contributed by atoms with Crippen molar-refractivity contribution in [3.05, 3.63) is 99.7 Å². The zero-order chi connectivity index (χ0) is 22.5. The molecule has 162 valence electrons. The summed E-state index contributed by atoms with van der Waals surface area (Å²) in [6, 6.07) is 20.9. The van der Waals surface area contributed by atoms with Crippen molar-refractivity contribution in [1.29, 1.82) is 0 Å². The van der Waals surface area contributed by atoms with E-state index in [0.717, 1.165) is 11.1 Å². The maximum Gasteiger partial charge on any atom is 0.266 e. The molecule has 1 aliphatic rings. The highest BCUT2D eigenvalue weighted by atomic mass is 35.5. The summed E-state index contributed by atoms with van der Waals surface area (Å²) in [7, 11) is 0. The molecule has 7 heteroatoms. The monoisotopic (exact) mass is 466 g/mol. The number of hydrogen-bond acceptors (Lipinski definition) is 4. The van der Waals surface area contributed by atoms with Crippen LogP contribution in [-0.2, 0) is 11.4 Å². The number of nitrogens with zero attached hydrogens (tertiary/aromatic N) is 2. The van der Waals surface area contributed by atoms with Crippen LogP contribution in [0, 0.1) is 5.82 Å². The number of aliphatic imine (C=N–C) groups is 1. The number of carbonyl (C=O) groups excluding carboxylic acids is 1.